The first-order valence-electron chi connectivity index (χ1n) is 10.9. The molecule has 0 aromatic heterocycles. The average Bonchev–Trinajstić information content (AvgIpc) is 2.64. The zero-order valence-electron chi connectivity index (χ0n) is 17.1. The minimum Gasteiger partial charge on any atom is -0.464 e. The first kappa shape index (κ1) is 25.5. The molecule has 0 heterocycles. The summed E-state index contributed by atoms with van der Waals surface area (Å²) in [6.07, 6.45) is 21.8. The summed E-state index contributed by atoms with van der Waals surface area (Å²) in [5.74, 6) is 0.512. The van der Waals surface area contributed by atoms with Crippen LogP contribution in [-0.2, 0) is 9.53 Å². The summed E-state index contributed by atoms with van der Waals surface area (Å²) in [4.78, 5) is 11.5. The molecule has 0 aliphatic carbocycles. The van der Waals surface area contributed by atoms with E-state index in [1.807, 2.05) is 0 Å². The maximum absolute atomic E-state index is 11.5. The maximum Gasteiger partial charge on any atom is 0.305 e. The number of carbonyl (C=O) groups is 1. The predicted octanol–water partition coefficient (Wildman–Crippen LogP) is 6.40. The average molecular weight is 388 g/mol. The Morgan fingerprint density at radius 1 is 0.846 bits per heavy atom. The number of alkyl halides is 1. The lowest BCUT2D eigenvalue weighted by molar-refractivity contribution is -0.143. The van der Waals surface area contributed by atoms with Gasteiger partial charge >= 0.3 is 5.97 Å². The molecule has 0 bridgehead atoms. The van der Waals surface area contributed by atoms with Crippen molar-refractivity contribution in [1.82, 2.24) is 5.32 Å². The number of halogens is 1. The number of esters is 1. The van der Waals surface area contributed by atoms with E-state index in [1.54, 1.807) is 0 Å². The van der Waals surface area contributed by atoms with E-state index in [0.29, 0.717) is 25.5 Å². The van der Waals surface area contributed by atoms with Crippen molar-refractivity contribution in [2.45, 2.75) is 96.8 Å². The Morgan fingerprint density at radius 2 is 1.42 bits per heavy atom. The Labute approximate surface area is 167 Å². The Bertz CT molecular complexity index is 321. The highest BCUT2D eigenvalue weighted by molar-refractivity contribution is 6.18. The van der Waals surface area contributed by atoms with Crippen LogP contribution in [0.1, 0.15) is 96.8 Å². The highest BCUT2D eigenvalue weighted by atomic mass is 35.5. The number of ether oxygens (including phenoxy) is 1. The van der Waals surface area contributed by atoms with Crippen LogP contribution in [-0.4, -0.2) is 31.5 Å². The molecule has 0 aromatic rings. The van der Waals surface area contributed by atoms with Crippen LogP contribution in [0.3, 0.4) is 0 Å². The molecular formula is C22H42ClNO2. The van der Waals surface area contributed by atoms with Crippen molar-refractivity contribution < 1.29 is 9.53 Å². The molecule has 26 heavy (non-hydrogen) atoms. The molecule has 4 heteroatoms. The molecule has 0 aliphatic rings. The molecule has 0 saturated carbocycles. The number of rotatable bonds is 20. The standard InChI is InChI=1S/C22H42ClNO2/c1-2-3-4-5-6-7-8-9-10-11-12-13-14-15-16-17-22(25)26-21-20-24-19-18-23/h9-10,24H,2-8,11-21H2,1H3. The second kappa shape index (κ2) is 22.5. The van der Waals surface area contributed by atoms with Crippen LogP contribution < -0.4 is 5.32 Å². The third-order valence-corrected chi connectivity index (χ3v) is 4.64. The molecule has 0 aromatic carbocycles. The Hall–Kier alpha value is -0.540. The van der Waals surface area contributed by atoms with Crippen molar-refractivity contribution in [3.63, 3.8) is 0 Å². The fourth-order valence-corrected chi connectivity index (χ4v) is 2.97. The molecule has 0 fully saturated rings. The van der Waals surface area contributed by atoms with Crippen molar-refractivity contribution in [2.24, 2.45) is 0 Å². The van der Waals surface area contributed by atoms with Crippen LogP contribution in [0, 0.1) is 0 Å². The van der Waals surface area contributed by atoms with Crippen molar-refractivity contribution in [3.8, 4) is 0 Å². The fraction of sp³-hybridized carbons (Fsp3) is 0.864. The second-order valence-corrected chi connectivity index (χ2v) is 7.37. The molecule has 0 unspecified atom stereocenters. The van der Waals surface area contributed by atoms with Crippen LogP contribution >= 0.6 is 11.6 Å². The van der Waals surface area contributed by atoms with Gasteiger partial charge in [0.2, 0.25) is 0 Å². The van der Waals surface area contributed by atoms with Gasteiger partial charge < -0.3 is 10.1 Å². The molecule has 3 nitrogen and oxygen atoms in total. The summed E-state index contributed by atoms with van der Waals surface area (Å²) in [6, 6.07) is 0. The topological polar surface area (TPSA) is 38.3 Å². The predicted molar refractivity (Wildman–Crippen MR) is 114 cm³/mol. The van der Waals surface area contributed by atoms with E-state index < -0.39 is 0 Å². The second-order valence-electron chi connectivity index (χ2n) is 6.99. The van der Waals surface area contributed by atoms with E-state index in [1.165, 1.54) is 70.6 Å². The van der Waals surface area contributed by atoms with E-state index in [4.69, 9.17) is 16.3 Å². The third kappa shape index (κ3) is 21.5. The van der Waals surface area contributed by atoms with E-state index in [0.717, 1.165) is 19.4 Å². The van der Waals surface area contributed by atoms with Gasteiger partial charge in [-0.3, -0.25) is 4.79 Å². The highest BCUT2D eigenvalue weighted by Gasteiger charge is 2.01. The summed E-state index contributed by atoms with van der Waals surface area (Å²) in [6.45, 7) is 4.15. The van der Waals surface area contributed by atoms with Crippen LogP contribution in [0.4, 0.5) is 0 Å². The monoisotopic (exact) mass is 387 g/mol. The maximum atomic E-state index is 11.5. The van der Waals surface area contributed by atoms with Gasteiger partial charge in [0.25, 0.3) is 0 Å². The first-order chi connectivity index (χ1) is 12.8. The molecule has 0 amide bonds. The third-order valence-electron chi connectivity index (χ3n) is 4.46. The highest BCUT2D eigenvalue weighted by Crippen LogP contribution is 2.10. The normalized spacial score (nSPS) is 11.3. The van der Waals surface area contributed by atoms with E-state index in [2.05, 4.69) is 24.4 Å². The first-order valence-corrected chi connectivity index (χ1v) is 11.4. The molecule has 0 rings (SSSR count). The van der Waals surface area contributed by atoms with Crippen molar-refractivity contribution in [3.05, 3.63) is 12.2 Å². The van der Waals surface area contributed by atoms with E-state index in [9.17, 15) is 4.79 Å². The van der Waals surface area contributed by atoms with E-state index in [-0.39, 0.29) is 5.97 Å². The van der Waals surface area contributed by atoms with Gasteiger partial charge in [-0.25, -0.2) is 0 Å². The lowest BCUT2D eigenvalue weighted by atomic mass is 10.1. The van der Waals surface area contributed by atoms with Crippen LogP contribution in [0.25, 0.3) is 0 Å². The van der Waals surface area contributed by atoms with E-state index >= 15 is 0 Å². The van der Waals surface area contributed by atoms with Gasteiger partial charge in [0.05, 0.1) is 0 Å². The van der Waals surface area contributed by atoms with Gasteiger partial charge in [0.15, 0.2) is 0 Å². The SMILES string of the molecule is CCCCCCCCC=CCCCCCCCC(=O)OCCNCCCl. The minimum absolute atomic E-state index is 0.0738. The van der Waals surface area contributed by atoms with Crippen molar-refractivity contribution in [2.75, 3.05) is 25.6 Å². The lowest BCUT2D eigenvalue weighted by Gasteiger charge is -2.05. The van der Waals surface area contributed by atoms with Gasteiger partial charge in [-0.2, -0.15) is 0 Å². The largest absolute Gasteiger partial charge is 0.464 e. The Morgan fingerprint density at radius 3 is 2.04 bits per heavy atom. The summed E-state index contributed by atoms with van der Waals surface area (Å²) >= 11 is 5.55. The molecule has 0 aliphatic heterocycles. The molecule has 0 saturated heterocycles. The lowest BCUT2D eigenvalue weighted by Crippen LogP contribution is -2.23. The number of hydrogen-bond acceptors (Lipinski definition) is 3. The molecule has 0 spiro atoms. The molecule has 0 atom stereocenters. The molecular weight excluding hydrogens is 346 g/mol. The summed E-state index contributed by atoms with van der Waals surface area (Å²) in [5, 5.41) is 3.10. The fourth-order valence-electron chi connectivity index (χ4n) is 2.84. The zero-order valence-corrected chi connectivity index (χ0v) is 17.8. The van der Waals surface area contributed by atoms with Gasteiger partial charge in [-0.1, -0.05) is 70.4 Å². The van der Waals surface area contributed by atoms with Crippen LogP contribution in [0.5, 0.6) is 0 Å². The quantitative estimate of drug-likeness (QED) is 0.114. The molecule has 0 radical (unpaired) electrons. The number of allylic oxidation sites excluding steroid dienone is 2. The van der Waals surface area contributed by atoms with Gasteiger partial charge in [0.1, 0.15) is 6.61 Å². The number of unbranched alkanes of at least 4 members (excludes halogenated alkanes) is 11. The molecule has 154 valence electrons. The smallest absolute Gasteiger partial charge is 0.305 e. The summed E-state index contributed by atoms with van der Waals surface area (Å²) < 4.78 is 5.15. The number of carbonyl (C=O) groups excluding carboxylic acids is 1. The van der Waals surface area contributed by atoms with Crippen LogP contribution in [0.2, 0.25) is 0 Å². The van der Waals surface area contributed by atoms with Gasteiger partial charge in [0, 0.05) is 25.4 Å². The summed E-state index contributed by atoms with van der Waals surface area (Å²) in [7, 11) is 0. The van der Waals surface area contributed by atoms with Gasteiger partial charge in [-0.05, 0) is 32.1 Å². The number of hydrogen-bond donors (Lipinski definition) is 1. The molecule has 1 N–H and O–H groups in total. The summed E-state index contributed by atoms with van der Waals surface area (Å²) in [5.41, 5.74) is 0. The number of nitrogens with one attached hydrogen (secondary N) is 1. The van der Waals surface area contributed by atoms with Crippen molar-refractivity contribution in [1.29, 1.82) is 0 Å². The Kier molecular flexibility index (Phi) is 22.0. The Balaban J connectivity index is 3.18. The minimum atomic E-state index is -0.0738. The van der Waals surface area contributed by atoms with Gasteiger partial charge in [-0.15, -0.1) is 11.6 Å². The van der Waals surface area contributed by atoms with Crippen LogP contribution in [0.15, 0.2) is 12.2 Å². The van der Waals surface area contributed by atoms with Crippen molar-refractivity contribution >= 4 is 17.6 Å². The zero-order chi connectivity index (χ0) is 19.1.